The Morgan fingerprint density at radius 3 is 1.95 bits per heavy atom. The van der Waals surface area contributed by atoms with Crippen molar-refractivity contribution in [3.63, 3.8) is 0 Å². The number of carbonyl (C=O) groups is 2. The minimum atomic E-state index is -0.569. The van der Waals surface area contributed by atoms with E-state index >= 15 is 0 Å². The first-order chi connectivity index (χ1) is 9.50. The van der Waals surface area contributed by atoms with E-state index in [4.69, 9.17) is 4.74 Å². The van der Waals surface area contributed by atoms with Gasteiger partial charge in [0.25, 0.3) is 0 Å². The third kappa shape index (κ3) is 5.94. The average molecular weight is 298 g/mol. The van der Waals surface area contributed by atoms with Crippen molar-refractivity contribution in [2.45, 2.75) is 72.4 Å². The smallest absolute Gasteiger partial charge is 0.408 e. The van der Waals surface area contributed by atoms with Gasteiger partial charge in [0.15, 0.2) is 0 Å². The molecular weight excluding hydrogens is 268 g/mol. The van der Waals surface area contributed by atoms with E-state index in [0.29, 0.717) is 0 Å². The van der Waals surface area contributed by atoms with Crippen molar-refractivity contribution in [2.24, 2.45) is 5.41 Å². The molecule has 0 spiro atoms. The van der Waals surface area contributed by atoms with Crippen LogP contribution in [0.2, 0.25) is 0 Å². The van der Waals surface area contributed by atoms with Gasteiger partial charge in [0, 0.05) is 13.1 Å². The maximum absolute atomic E-state index is 12.7. The number of likely N-dealkylation sites (tertiary alicyclic amines) is 1. The maximum atomic E-state index is 12.7. The van der Waals surface area contributed by atoms with Gasteiger partial charge in [0.2, 0.25) is 5.91 Å². The number of amides is 2. The minimum absolute atomic E-state index is 0.00643. The number of nitrogens with one attached hydrogen (secondary N) is 1. The lowest BCUT2D eigenvalue weighted by atomic mass is 9.85. The minimum Gasteiger partial charge on any atom is -0.444 e. The lowest BCUT2D eigenvalue weighted by molar-refractivity contribution is -0.137. The topological polar surface area (TPSA) is 58.6 Å². The lowest BCUT2D eigenvalue weighted by Crippen LogP contribution is -2.56. The summed E-state index contributed by atoms with van der Waals surface area (Å²) in [4.78, 5) is 26.6. The highest BCUT2D eigenvalue weighted by Gasteiger charge is 2.36. The van der Waals surface area contributed by atoms with Crippen LogP contribution in [0.1, 0.15) is 60.8 Å². The molecule has 0 bridgehead atoms. The highest BCUT2D eigenvalue weighted by molar-refractivity contribution is 5.86. The Labute approximate surface area is 128 Å². The van der Waals surface area contributed by atoms with Gasteiger partial charge in [0.05, 0.1) is 0 Å². The van der Waals surface area contributed by atoms with Crippen LogP contribution in [0.4, 0.5) is 4.79 Å². The Hall–Kier alpha value is -1.26. The molecule has 0 saturated carbocycles. The van der Waals surface area contributed by atoms with Crippen LogP contribution in [-0.2, 0) is 9.53 Å². The molecule has 1 rings (SSSR count). The Bertz CT molecular complexity index is 374. The van der Waals surface area contributed by atoms with Gasteiger partial charge in [-0.05, 0) is 45.4 Å². The molecule has 1 N–H and O–H groups in total. The second-order valence-electron chi connectivity index (χ2n) is 7.83. The van der Waals surface area contributed by atoms with Gasteiger partial charge in [0.1, 0.15) is 11.6 Å². The predicted octanol–water partition coefficient (Wildman–Crippen LogP) is 2.94. The lowest BCUT2D eigenvalue weighted by Gasteiger charge is -2.36. The molecule has 21 heavy (non-hydrogen) atoms. The zero-order valence-corrected chi connectivity index (χ0v) is 14.3. The summed E-state index contributed by atoms with van der Waals surface area (Å²) in [5.74, 6) is -0.00643. The first-order valence-electron chi connectivity index (χ1n) is 7.79. The maximum Gasteiger partial charge on any atom is 0.408 e. The standard InChI is InChI=1S/C16H30N2O3/c1-15(2,3)12(17-14(20)21-16(4,5)6)13(19)18-10-8-7-9-11-18/h12H,7-11H2,1-6H3,(H,17,20)/t12-/m1/s1. The van der Waals surface area contributed by atoms with E-state index in [-0.39, 0.29) is 11.3 Å². The molecule has 1 atom stereocenters. The summed E-state index contributed by atoms with van der Waals surface area (Å²) in [6, 6.07) is -0.564. The third-order valence-electron chi connectivity index (χ3n) is 3.44. The highest BCUT2D eigenvalue weighted by Crippen LogP contribution is 2.23. The molecule has 2 amide bonds. The van der Waals surface area contributed by atoms with Gasteiger partial charge >= 0.3 is 6.09 Å². The summed E-state index contributed by atoms with van der Waals surface area (Å²) in [7, 11) is 0. The summed E-state index contributed by atoms with van der Waals surface area (Å²) in [5.41, 5.74) is -0.924. The highest BCUT2D eigenvalue weighted by atomic mass is 16.6. The number of piperidine rings is 1. The van der Waals surface area contributed by atoms with Crippen molar-refractivity contribution in [2.75, 3.05) is 13.1 Å². The fourth-order valence-electron chi connectivity index (χ4n) is 2.37. The van der Waals surface area contributed by atoms with Crippen LogP contribution in [0.3, 0.4) is 0 Å². The van der Waals surface area contributed by atoms with Crippen LogP contribution < -0.4 is 5.32 Å². The number of hydrogen-bond donors (Lipinski definition) is 1. The zero-order chi connectivity index (χ0) is 16.3. The molecule has 5 nitrogen and oxygen atoms in total. The van der Waals surface area contributed by atoms with Crippen molar-refractivity contribution in [3.8, 4) is 0 Å². The first kappa shape index (κ1) is 17.8. The van der Waals surface area contributed by atoms with Gasteiger partial charge < -0.3 is 15.0 Å². The second-order valence-corrected chi connectivity index (χ2v) is 7.83. The second kappa shape index (κ2) is 6.67. The van der Waals surface area contributed by atoms with E-state index < -0.39 is 17.7 Å². The molecule has 1 aliphatic rings. The Kier molecular flexibility index (Phi) is 5.65. The predicted molar refractivity (Wildman–Crippen MR) is 83.0 cm³/mol. The Balaban J connectivity index is 2.76. The van der Waals surface area contributed by atoms with Gasteiger partial charge in [-0.3, -0.25) is 4.79 Å². The molecule has 0 aliphatic carbocycles. The molecule has 0 aromatic heterocycles. The summed E-state index contributed by atoms with van der Waals surface area (Å²) >= 11 is 0. The fraction of sp³-hybridized carbons (Fsp3) is 0.875. The van der Waals surface area contributed by atoms with Gasteiger partial charge in [-0.25, -0.2) is 4.79 Å². The molecule has 0 radical (unpaired) electrons. The van der Waals surface area contributed by atoms with Gasteiger partial charge in [-0.1, -0.05) is 20.8 Å². The molecule has 0 aromatic carbocycles. The first-order valence-corrected chi connectivity index (χ1v) is 7.79. The number of alkyl carbamates (subject to hydrolysis) is 1. The summed E-state index contributed by atoms with van der Waals surface area (Å²) in [6.07, 6.45) is 2.71. The number of hydrogen-bond acceptors (Lipinski definition) is 3. The van der Waals surface area contributed by atoms with E-state index in [1.807, 2.05) is 46.4 Å². The molecule has 0 unspecified atom stereocenters. The fourth-order valence-corrected chi connectivity index (χ4v) is 2.37. The molecule has 122 valence electrons. The van der Waals surface area contributed by atoms with Crippen LogP contribution >= 0.6 is 0 Å². The zero-order valence-electron chi connectivity index (χ0n) is 14.3. The molecule has 1 saturated heterocycles. The van der Waals surface area contributed by atoms with E-state index in [2.05, 4.69) is 5.32 Å². The summed E-state index contributed by atoms with van der Waals surface area (Å²) < 4.78 is 5.28. The SMILES string of the molecule is CC(C)(C)OC(=O)N[C@H](C(=O)N1CCCCC1)C(C)(C)C. The van der Waals surface area contributed by atoms with Crippen molar-refractivity contribution in [1.29, 1.82) is 0 Å². The Morgan fingerprint density at radius 2 is 1.52 bits per heavy atom. The van der Waals surface area contributed by atoms with Crippen LogP contribution in [0.25, 0.3) is 0 Å². The van der Waals surface area contributed by atoms with E-state index in [1.165, 1.54) is 6.42 Å². The van der Waals surface area contributed by atoms with Crippen molar-refractivity contribution in [1.82, 2.24) is 10.2 Å². The van der Waals surface area contributed by atoms with Crippen LogP contribution in [0, 0.1) is 5.41 Å². The summed E-state index contributed by atoms with van der Waals surface area (Å²) in [6.45, 7) is 12.9. The molecular formula is C16H30N2O3. The summed E-state index contributed by atoms with van der Waals surface area (Å²) in [5, 5.41) is 2.76. The number of nitrogens with zero attached hydrogens (tertiary/aromatic N) is 1. The largest absolute Gasteiger partial charge is 0.444 e. The third-order valence-corrected chi connectivity index (χ3v) is 3.44. The van der Waals surface area contributed by atoms with Crippen molar-refractivity contribution in [3.05, 3.63) is 0 Å². The molecule has 1 heterocycles. The quantitative estimate of drug-likeness (QED) is 0.852. The molecule has 0 aromatic rings. The van der Waals surface area contributed by atoms with E-state index in [1.54, 1.807) is 0 Å². The van der Waals surface area contributed by atoms with Gasteiger partial charge in [-0.2, -0.15) is 0 Å². The van der Waals surface area contributed by atoms with Crippen LogP contribution in [-0.4, -0.2) is 41.6 Å². The molecule has 1 aliphatic heterocycles. The Morgan fingerprint density at radius 1 is 1.00 bits per heavy atom. The monoisotopic (exact) mass is 298 g/mol. The number of rotatable bonds is 2. The average Bonchev–Trinajstić information content (AvgIpc) is 2.33. The van der Waals surface area contributed by atoms with Crippen LogP contribution in [0.15, 0.2) is 0 Å². The van der Waals surface area contributed by atoms with E-state index in [9.17, 15) is 9.59 Å². The van der Waals surface area contributed by atoms with Crippen LogP contribution in [0.5, 0.6) is 0 Å². The van der Waals surface area contributed by atoms with Gasteiger partial charge in [-0.15, -0.1) is 0 Å². The molecule has 1 fully saturated rings. The van der Waals surface area contributed by atoms with Crippen molar-refractivity contribution >= 4 is 12.0 Å². The van der Waals surface area contributed by atoms with E-state index in [0.717, 1.165) is 25.9 Å². The number of carbonyl (C=O) groups excluding carboxylic acids is 2. The van der Waals surface area contributed by atoms with Crippen molar-refractivity contribution < 1.29 is 14.3 Å². The normalized spacial score (nSPS) is 18.1. The molecule has 5 heteroatoms. The number of ether oxygens (including phenoxy) is 1.